The van der Waals surface area contributed by atoms with E-state index in [0.717, 1.165) is 48.7 Å². The molecule has 29 heavy (non-hydrogen) atoms. The SMILES string of the molecule is Cc1cccc(C)c1OCCOC[C@@H](O)C[NH+]1CCN(c2ccc(F)cc2)CC1. The van der Waals surface area contributed by atoms with E-state index in [1.54, 1.807) is 0 Å². The van der Waals surface area contributed by atoms with Crippen molar-refractivity contribution >= 4 is 5.69 Å². The second kappa shape index (κ2) is 10.6. The molecular weight excluding hydrogens is 371 g/mol. The number of nitrogens with zero attached hydrogens (tertiary/aromatic N) is 1. The van der Waals surface area contributed by atoms with Gasteiger partial charge in [-0.1, -0.05) is 18.2 Å². The van der Waals surface area contributed by atoms with Crippen LogP contribution < -0.4 is 14.5 Å². The van der Waals surface area contributed by atoms with Gasteiger partial charge in [0.15, 0.2) is 0 Å². The Morgan fingerprint density at radius 3 is 2.34 bits per heavy atom. The maximum Gasteiger partial charge on any atom is 0.126 e. The highest BCUT2D eigenvalue weighted by Crippen LogP contribution is 2.22. The number of hydrogen-bond acceptors (Lipinski definition) is 4. The number of hydrogen-bond donors (Lipinski definition) is 2. The molecule has 1 aliphatic rings. The van der Waals surface area contributed by atoms with Gasteiger partial charge in [0.2, 0.25) is 0 Å². The monoisotopic (exact) mass is 403 g/mol. The van der Waals surface area contributed by atoms with Gasteiger partial charge < -0.3 is 24.4 Å². The third kappa shape index (κ3) is 6.42. The Labute approximate surface area is 172 Å². The second-order valence-corrected chi connectivity index (χ2v) is 7.72. The molecule has 0 spiro atoms. The Kier molecular flexibility index (Phi) is 7.86. The first-order valence-corrected chi connectivity index (χ1v) is 10.3. The fourth-order valence-corrected chi connectivity index (χ4v) is 3.78. The van der Waals surface area contributed by atoms with Gasteiger partial charge in [-0.25, -0.2) is 4.39 Å². The fourth-order valence-electron chi connectivity index (χ4n) is 3.78. The van der Waals surface area contributed by atoms with Gasteiger partial charge in [0, 0.05) is 5.69 Å². The minimum atomic E-state index is -0.484. The van der Waals surface area contributed by atoms with Gasteiger partial charge in [-0.2, -0.15) is 0 Å². The summed E-state index contributed by atoms with van der Waals surface area (Å²) in [5.41, 5.74) is 3.29. The van der Waals surface area contributed by atoms with Crippen molar-refractivity contribution in [1.29, 1.82) is 0 Å². The highest BCUT2D eigenvalue weighted by Gasteiger charge is 2.22. The van der Waals surface area contributed by atoms with Crippen molar-refractivity contribution in [1.82, 2.24) is 0 Å². The lowest BCUT2D eigenvalue weighted by molar-refractivity contribution is -0.903. The van der Waals surface area contributed by atoms with Crippen molar-refractivity contribution in [2.45, 2.75) is 20.0 Å². The zero-order valence-electron chi connectivity index (χ0n) is 17.4. The van der Waals surface area contributed by atoms with Crippen LogP contribution in [0, 0.1) is 19.7 Å². The van der Waals surface area contributed by atoms with Crippen molar-refractivity contribution < 1.29 is 23.9 Å². The quantitative estimate of drug-likeness (QED) is 0.625. The van der Waals surface area contributed by atoms with E-state index in [-0.39, 0.29) is 5.82 Å². The summed E-state index contributed by atoms with van der Waals surface area (Å²) in [6.07, 6.45) is -0.484. The number of para-hydroxylation sites is 1. The van der Waals surface area contributed by atoms with E-state index < -0.39 is 6.10 Å². The number of quaternary nitrogens is 1. The number of nitrogens with one attached hydrogen (secondary N) is 1. The number of piperazine rings is 1. The molecule has 0 radical (unpaired) electrons. The average molecular weight is 404 g/mol. The van der Waals surface area contributed by atoms with E-state index in [4.69, 9.17) is 9.47 Å². The number of anilines is 1. The lowest BCUT2D eigenvalue weighted by Crippen LogP contribution is -3.16. The van der Waals surface area contributed by atoms with Gasteiger partial charge in [0.1, 0.15) is 30.8 Å². The number of rotatable bonds is 9. The maximum absolute atomic E-state index is 13.1. The first-order valence-electron chi connectivity index (χ1n) is 10.3. The van der Waals surface area contributed by atoms with E-state index in [1.807, 2.05) is 44.2 Å². The lowest BCUT2D eigenvalue weighted by Gasteiger charge is -2.34. The van der Waals surface area contributed by atoms with Crippen LogP contribution in [-0.4, -0.2) is 63.8 Å². The maximum atomic E-state index is 13.1. The molecule has 0 saturated carbocycles. The summed E-state index contributed by atoms with van der Waals surface area (Å²) in [6.45, 7) is 9.69. The van der Waals surface area contributed by atoms with Gasteiger partial charge >= 0.3 is 0 Å². The van der Waals surface area contributed by atoms with Crippen LogP contribution in [0.3, 0.4) is 0 Å². The summed E-state index contributed by atoms with van der Waals surface area (Å²) < 4.78 is 24.5. The molecule has 1 heterocycles. The molecule has 2 N–H and O–H groups in total. The highest BCUT2D eigenvalue weighted by atomic mass is 19.1. The molecule has 1 saturated heterocycles. The second-order valence-electron chi connectivity index (χ2n) is 7.72. The van der Waals surface area contributed by atoms with Crippen molar-refractivity contribution in [3.05, 3.63) is 59.4 Å². The molecule has 1 atom stereocenters. The molecule has 0 bridgehead atoms. The van der Waals surface area contributed by atoms with E-state index in [0.29, 0.717) is 26.4 Å². The summed E-state index contributed by atoms with van der Waals surface area (Å²) >= 11 is 0. The molecule has 1 aliphatic heterocycles. The molecule has 158 valence electrons. The number of benzene rings is 2. The third-order valence-corrected chi connectivity index (χ3v) is 5.38. The fraction of sp³-hybridized carbons (Fsp3) is 0.478. The normalized spacial score (nSPS) is 16.1. The van der Waals surface area contributed by atoms with Crippen LogP contribution >= 0.6 is 0 Å². The van der Waals surface area contributed by atoms with Crippen LogP contribution in [0.5, 0.6) is 5.75 Å². The Morgan fingerprint density at radius 1 is 1.03 bits per heavy atom. The summed E-state index contributed by atoms with van der Waals surface area (Å²) in [5, 5.41) is 10.3. The summed E-state index contributed by atoms with van der Waals surface area (Å²) in [7, 11) is 0. The predicted molar refractivity (Wildman–Crippen MR) is 112 cm³/mol. The first-order chi connectivity index (χ1) is 14.0. The van der Waals surface area contributed by atoms with Crippen LogP contribution in [-0.2, 0) is 4.74 Å². The minimum absolute atomic E-state index is 0.208. The van der Waals surface area contributed by atoms with Gasteiger partial charge in [-0.3, -0.25) is 0 Å². The molecule has 0 aliphatic carbocycles. The smallest absolute Gasteiger partial charge is 0.126 e. The molecule has 5 nitrogen and oxygen atoms in total. The molecule has 0 amide bonds. The van der Waals surface area contributed by atoms with Crippen LogP contribution in [0.2, 0.25) is 0 Å². The number of halogens is 1. The molecular formula is C23H32FN2O3+. The topological polar surface area (TPSA) is 46.4 Å². The summed E-state index contributed by atoms with van der Waals surface area (Å²) in [5.74, 6) is 0.709. The van der Waals surface area contributed by atoms with E-state index in [1.165, 1.54) is 17.0 Å². The Bertz CT molecular complexity index is 741. The van der Waals surface area contributed by atoms with Crippen molar-refractivity contribution in [2.24, 2.45) is 0 Å². The van der Waals surface area contributed by atoms with Crippen LogP contribution in [0.25, 0.3) is 0 Å². The number of ether oxygens (including phenoxy) is 2. The van der Waals surface area contributed by atoms with Crippen molar-refractivity contribution in [2.75, 3.05) is 57.4 Å². The average Bonchev–Trinajstić information content (AvgIpc) is 2.71. The van der Waals surface area contributed by atoms with Crippen LogP contribution in [0.1, 0.15) is 11.1 Å². The molecule has 1 fully saturated rings. The summed E-state index contributed by atoms with van der Waals surface area (Å²) in [6, 6.07) is 12.7. The van der Waals surface area contributed by atoms with E-state index >= 15 is 0 Å². The Morgan fingerprint density at radius 2 is 1.69 bits per heavy atom. The van der Waals surface area contributed by atoms with E-state index in [9.17, 15) is 9.50 Å². The molecule has 0 unspecified atom stereocenters. The first kappa shape index (κ1) is 21.6. The van der Waals surface area contributed by atoms with Gasteiger partial charge in [-0.15, -0.1) is 0 Å². The molecule has 2 aromatic carbocycles. The molecule has 3 rings (SSSR count). The molecule has 2 aromatic rings. The Hall–Kier alpha value is -2.15. The molecule has 0 aromatic heterocycles. The van der Waals surface area contributed by atoms with Crippen LogP contribution in [0.15, 0.2) is 42.5 Å². The van der Waals surface area contributed by atoms with Crippen molar-refractivity contribution in [3.63, 3.8) is 0 Å². The van der Waals surface area contributed by atoms with Gasteiger partial charge in [0.05, 0.1) is 39.4 Å². The number of aryl methyl sites for hydroxylation is 2. The highest BCUT2D eigenvalue weighted by molar-refractivity contribution is 5.46. The third-order valence-electron chi connectivity index (χ3n) is 5.38. The summed E-state index contributed by atoms with van der Waals surface area (Å²) in [4.78, 5) is 3.63. The van der Waals surface area contributed by atoms with Gasteiger partial charge in [0.25, 0.3) is 0 Å². The van der Waals surface area contributed by atoms with Crippen molar-refractivity contribution in [3.8, 4) is 5.75 Å². The lowest BCUT2D eigenvalue weighted by atomic mass is 10.1. The number of aliphatic hydroxyl groups is 1. The standard InChI is InChI=1S/C23H31FN2O3/c1-18-4-3-5-19(2)23(18)29-15-14-28-17-22(27)16-25-10-12-26(13-11-25)21-8-6-20(24)7-9-21/h3-9,22,27H,10-17H2,1-2H3/p+1/t22-/m0/s1. The largest absolute Gasteiger partial charge is 0.491 e. The zero-order valence-corrected chi connectivity index (χ0v) is 17.4. The zero-order chi connectivity index (χ0) is 20.6. The Balaban J connectivity index is 1.30. The number of aliphatic hydroxyl groups excluding tert-OH is 1. The predicted octanol–water partition coefficient (Wildman–Crippen LogP) is 1.60. The van der Waals surface area contributed by atoms with Crippen LogP contribution in [0.4, 0.5) is 10.1 Å². The molecule has 6 heteroatoms. The van der Waals surface area contributed by atoms with E-state index in [2.05, 4.69) is 4.90 Å². The van der Waals surface area contributed by atoms with Gasteiger partial charge in [-0.05, 0) is 49.2 Å². The minimum Gasteiger partial charge on any atom is -0.491 e.